The lowest BCUT2D eigenvalue weighted by Gasteiger charge is -2.18. The second-order valence-electron chi connectivity index (χ2n) is 21.3. The maximum Gasteiger partial charge on any atom is 0.306 e. The van der Waals surface area contributed by atoms with Gasteiger partial charge < -0.3 is 14.2 Å². The molecule has 0 radical (unpaired) electrons. The number of allylic oxidation sites excluding steroid dienone is 12. The van der Waals surface area contributed by atoms with Crippen LogP contribution in [0.3, 0.4) is 0 Å². The lowest BCUT2D eigenvalue weighted by atomic mass is 10.0. The minimum atomic E-state index is -0.777. The predicted octanol–water partition coefficient (Wildman–Crippen LogP) is 21.7. The number of hydrogen-bond acceptors (Lipinski definition) is 6. The van der Waals surface area contributed by atoms with Crippen molar-refractivity contribution in [2.24, 2.45) is 0 Å². The molecule has 0 aliphatic heterocycles. The molecule has 0 amide bonds. The van der Waals surface area contributed by atoms with Crippen molar-refractivity contribution in [1.82, 2.24) is 0 Å². The lowest BCUT2D eigenvalue weighted by Crippen LogP contribution is -2.30. The summed E-state index contributed by atoms with van der Waals surface area (Å²) in [6.07, 6.45) is 80.5. The van der Waals surface area contributed by atoms with Crippen LogP contribution >= 0.6 is 0 Å². The van der Waals surface area contributed by atoms with Crippen LogP contribution in [0, 0.1) is 0 Å². The van der Waals surface area contributed by atoms with Crippen molar-refractivity contribution >= 4 is 17.9 Å². The summed E-state index contributed by atoms with van der Waals surface area (Å²) in [7, 11) is 0. The highest BCUT2D eigenvalue weighted by Crippen LogP contribution is 2.16. The first-order valence-corrected chi connectivity index (χ1v) is 31.9. The molecule has 0 aromatic heterocycles. The molecule has 0 aliphatic rings. The molecule has 0 aliphatic carbocycles. The monoisotopic (exact) mass is 1030 g/mol. The van der Waals surface area contributed by atoms with Crippen LogP contribution in [-0.2, 0) is 28.6 Å². The van der Waals surface area contributed by atoms with Gasteiger partial charge >= 0.3 is 17.9 Å². The molecule has 0 N–H and O–H groups in total. The molecule has 74 heavy (non-hydrogen) atoms. The van der Waals surface area contributed by atoms with E-state index in [0.29, 0.717) is 19.3 Å². The highest BCUT2D eigenvalue weighted by Gasteiger charge is 2.19. The van der Waals surface area contributed by atoms with Crippen molar-refractivity contribution in [2.75, 3.05) is 13.2 Å². The second-order valence-corrected chi connectivity index (χ2v) is 21.3. The summed E-state index contributed by atoms with van der Waals surface area (Å²) in [6, 6.07) is 0. The van der Waals surface area contributed by atoms with Gasteiger partial charge in [-0.25, -0.2) is 0 Å². The summed E-state index contributed by atoms with van der Waals surface area (Å²) in [4.78, 5) is 38.2. The molecule has 428 valence electrons. The Kier molecular flexibility index (Phi) is 59.7. The first kappa shape index (κ1) is 70.8. The number of unbranched alkanes of at least 4 members (excludes halogenated alkanes) is 35. The molecule has 1 unspecified atom stereocenters. The van der Waals surface area contributed by atoms with Crippen LogP contribution in [-0.4, -0.2) is 37.2 Å². The first-order valence-electron chi connectivity index (χ1n) is 31.9. The quantitative estimate of drug-likeness (QED) is 0.0261. The van der Waals surface area contributed by atoms with E-state index in [1.807, 2.05) is 0 Å². The van der Waals surface area contributed by atoms with Crippen LogP contribution in [0.25, 0.3) is 0 Å². The minimum absolute atomic E-state index is 0.0741. The van der Waals surface area contributed by atoms with Crippen LogP contribution in [0.15, 0.2) is 72.9 Å². The Morgan fingerprint density at radius 1 is 0.284 bits per heavy atom. The van der Waals surface area contributed by atoms with E-state index in [1.54, 1.807) is 0 Å². The average Bonchev–Trinajstić information content (AvgIpc) is 3.40. The Balaban J connectivity index is 4.25. The number of carbonyl (C=O) groups excluding carboxylic acids is 3. The molecule has 0 bridgehead atoms. The van der Waals surface area contributed by atoms with E-state index in [4.69, 9.17) is 14.2 Å². The van der Waals surface area contributed by atoms with Gasteiger partial charge in [0.05, 0.1) is 0 Å². The van der Waals surface area contributed by atoms with E-state index < -0.39 is 6.10 Å². The molecule has 0 aromatic carbocycles. The largest absolute Gasteiger partial charge is 0.462 e. The van der Waals surface area contributed by atoms with Crippen molar-refractivity contribution in [3.05, 3.63) is 72.9 Å². The van der Waals surface area contributed by atoms with E-state index in [-0.39, 0.29) is 31.1 Å². The molecule has 6 nitrogen and oxygen atoms in total. The van der Waals surface area contributed by atoms with Crippen molar-refractivity contribution in [3.8, 4) is 0 Å². The third-order valence-electron chi connectivity index (χ3n) is 13.9. The molecule has 0 fully saturated rings. The van der Waals surface area contributed by atoms with E-state index >= 15 is 0 Å². The predicted molar refractivity (Wildman–Crippen MR) is 321 cm³/mol. The number of carbonyl (C=O) groups is 3. The summed E-state index contributed by atoms with van der Waals surface area (Å²) in [6.45, 7) is 6.55. The molecule has 0 saturated carbocycles. The zero-order valence-electron chi connectivity index (χ0n) is 49.1. The lowest BCUT2D eigenvalue weighted by molar-refractivity contribution is -0.167. The normalized spacial score (nSPS) is 12.5. The Morgan fingerprint density at radius 3 is 0.838 bits per heavy atom. The Morgan fingerprint density at radius 2 is 0.527 bits per heavy atom. The molecular formula is C68H120O6. The zero-order valence-corrected chi connectivity index (χ0v) is 49.1. The molecular weight excluding hydrogens is 913 g/mol. The van der Waals surface area contributed by atoms with Gasteiger partial charge in [0.25, 0.3) is 0 Å². The highest BCUT2D eigenvalue weighted by atomic mass is 16.6. The van der Waals surface area contributed by atoms with E-state index in [2.05, 4.69) is 93.7 Å². The van der Waals surface area contributed by atoms with Crippen molar-refractivity contribution in [3.63, 3.8) is 0 Å². The Hall–Kier alpha value is -3.15. The molecule has 0 saturated heterocycles. The zero-order chi connectivity index (χ0) is 53.6. The smallest absolute Gasteiger partial charge is 0.306 e. The second kappa shape index (κ2) is 62.4. The van der Waals surface area contributed by atoms with E-state index in [9.17, 15) is 14.4 Å². The molecule has 1 atom stereocenters. The summed E-state index contributed by atoms with van der Waals surface area (Å²) >= 11 is 0. The van der Waals surface area contributed by atoms with Gasteiger partial charge in [-0.05, 0) is 89.9 Å². The SMILES string of the molecule is CC/C=C\C/C=C\C/C=C\C/C=C\C/C=C\CCCCCCCCCCCCCC(=O)OCC(COC(=O)CCCCCCCCCCCCC)OC(=O)CCCCCCCCC/C=C\CCCCCCCCC. The maximum atomic E-state index is 12.9. The summed E-state index contributed by atoms with van der Waals surface area (Å²) in [5, 5.41) is 0. The number of rotatable bonds is 58. The maximum absolute atomic E-state index is 12.9. The molecule has 0 heterocycles. The van der Waals surface area contributed by atoms with Crippen LogP contribution < -0.4 is 0 Å². The molecule has 0 aromatic rings. The molecule has 6 heteroatoms. The van der Waals surface area contributed by atoms with Gasteiger partial charge in [-0.2, -0.15) is 0 Å². The van der Waals surface area contributed by atoms with Gasteiger partial charge in [0.15, 0.2) is 6.10 Å². The molecule has 0 spiro atoms. The van der Waals surface area contributed by atoms with Gasteiger partial charge in [-0.15, -0.1) is 0 Å². The fourth-order valence-electron chi connectivity index (χ4n) is 9.17. The third kappa shape index (κ3) is 59.7. The van der Waals surface area contributed by atoms with Crippen LogP contribution in [0.5, 0.6) is 0 Å². The van der Waals surface area contributed by atoms with Crippen LogP contribution in [0.2, 0.25) is 0 Å². The fourth-order valence-corrected chi connectivity index (χ4v) is 9.17. The van der Waals surface area contributed by atoms with Crippen molar-refractivity contribution in [2.45, 2.75) is 329 Å². The van der Waals surface area contributed by atoms with E-state index in [0.717, 1.165) is 89.9 Å². The van der Waals surface area contributed by atoms with Gasteiger partial charge in [0.2, 0.25) is 0 Å². The standard InChI is InChI=1S/C68H120O6/c1-4-7-10-13-16-19-22-24-26-28-30-31-32-33-34-35-36-37-38-40-41-43-46-49-52-55-58-61-67(70)73-64-65(63-72-66(69)60-57-54-51-48-45-21-18-15-12-9-6-3)74-68(71)62-59-56-53-50-47-44-42-39-29-27-25-23-20-17-14-11-8-5-2/h7,10,16,19,24,26-27,29-31,33-34,65H,4-6,8-9,11-15,17-18,20-23,25,28,32,35-64H2,1-3H3/b10-7-,19-16-,26-24-,29-27-,31-30-,34-33-. The number of hydrogen-bond donors (Lipinski definition) is 0. The number of esters is 3. The fraction of sp³-hybridized carbons (Fsp3) is 0.779. The van der Waals surface area contributed by atoms with Gasteiger partial charge in [0.1, 0.15) is 13.2 Å². The van der Waals surface area contributed by atoms with E-state index in [1.165, 1.54) is 193 Å². The molecule has 0 rings (SSSR count). The highest BCUT2D eigenvalue weighted by molar-refractivity contribution is 5.71. The average molecular weight is 1030 g/mol. The summed E-state index contributed by atoms with van der Waals surface area (Å²) < 4.78 is 16.9. The van der Waals surface area contributed by atoms with Crippen LogP contribution in [0.4, 0.5) is 0 Å². The minimum Gasteiger partial charge on any atom is -0.462 e. The van der Waals surface area contributed by atoms with Crippen LogP contribution in [0.1, 0.15) is 323 Å². The first-order chi connectivity index (χ1) is 36.5. The Bertz CT molecular complexity index is 1370. The van der Waals surface area contributed by atoms with Gasteiger partial charge in [0, 0.05) is 19.3 Å². The van der Waals surface area contributed by atoms with Crippen molar-refractivity contribution < 1.29 is 28.6 Å². The summed E-state index contributed by atoms with van der Waals surface area (Å²) in [5.41, 5.74) is 0. The topological polar surface area (TPSA) is 78.9 Å². The third-order valence-corrected chi connectivity index (χ3v) is 13.9. The van der Waals surface area contributed by atoms with Gasteiger partial charge in [-0.3, -0.25) is 14.4 Å². The van der Waals surface area contributed by atoms with Gasteiger partial charge in [-0.1, -0.05) is 286 Å². The van der Waals surface area contributed by atoms with Crippen molar-refractivity contribution in [1.29, 1.82) is 0 Å². The number of ether oxygens (including phenoxy) is 3. The summed E-state index contributed by atoms with van der Waals surface area (Å²) in [5.74, 6) is -0.868. The Labute approximate surface area is 459 Å².